The lowest BCUT2D eigenvalue weighted by Gasteiger charge is -2.20. The van der Waals surface area contributed by atoms with Gasteiger partial charge in [-0.1, -0.05) is 32.0 Å². The van der Waals surface area contributed by atoms with Crippen LogP contribution in [-0.4, -0.2) is 22.1 Å². The molecule has 0 saturated carbocycles. The Kier molecular flexibility index (Phi) is 3.69. The molecule has 1 aromatic carbocycles. The average molecular weight is 258 g/mol. The van der Waals surface area contributed by atoms with Crippen LogP contribution in [0, 0.1) is 5.92 Å². The summed E-state index contributed by atoms with van der Waals surface area (Å²) in [6.45, 7) is 6.33. The fourth-order valence-corrected chi connectivity index (χ4v) is 1.82. The Bertz CT molecular complexity index is 608. The van der Waals surface area contributed by atoms with Crippen LogP contribution in [0.5, 0.6) is 0 Å². The van der Waals surface area contributed by atoms with Crippen molar-refractivity contribution in [3.63, 3.8) is 0 Å². The van der Waals surface area contributed by atoms with E-state index < -0.39 is 5.97 Å². The highest BCUT2D eigenvalue weighted by molar-refractivity contribution is 5.97. The van der Waals surface area contributed by atoms with E-state index in [-0.39, 0.29) is 11.7 Å². The van der Waals surface area contributed by atoms with Crippen molar-refractivity contribution in [1.82, 2.24) is 4.98 Å². The van der Waals surface area contributed by atoms with Crippen molar-refractivity contribution in [2.24, 2.45) is 5.92 Å². The lowest BCUT2D eigenvalue weighted by atomic mass is 10.1. The maximum Gasteiger partial charge on any atom is 0.354 e. The van der Waals surface area contributed by atoms with Gasteiger partial charge in [0.2, 0.25) is 0 Å². The SMILES string of the molecule is CC(C)C(C)Nc1cc(C(=O)O)nc2ccccc12. The van der Waals surface area contributed by atoms with Gasteiger partial charge in [0.05, 0.1) is 5.52 Å². The van der Waals surface area contributed by atoms with Crippen molar-refractivity contribution in [1.29, 1.82) is 0 Å². The Labute approximate surface area is 112 Å². The summed E-state index contributed by atoms with van der Waals surface area (Å²) in [5.41, 5.74) is 1.59. The second-order valence-corrected chi connectivity index (χ2v) is 5.05. The smallest absolute Gasteiger partial charge is 0.354 e. The number of aromatic nitrogens is 1. The molecule has 4 heteroatoms. The van der Waals surface area contributed by atoms with Gasteiger partial charge >= 0.3 is 5.97 Å². The van der Waals surface area contributed by atoms with E-state index in [0.717, 1.165) is 11.1 Å². The number of para-hydroxylation sites is 1. The molecule has 0 radical (unpaired) electrons. The van der Waals surface area contributed by atoms with Gasteiger partial charge in [-0.3, -0.25) is 0 Å². The van der Waals surface area contributed by atoms with E-state index in [4.69, 9.17) is 5.11 Å². The Hall–Kier alpha value is -2.10. The molecule has 1 aromatic heterocycles. The number of hydrogen-bond donors (Lipinski definition) is 2. The maximum absolute atomic E-state index is 11.1. The molecule has 1 unspecified atom stereocenters. The van der Waals surface area contributed by atoms with Crippen molar-refractivity contribution in [3.05, 3.63) is 36.0 Å². The third-order valence-electron chi connectivity index (χ3n) is 3.32. The van der Waals surface area contributed by atoms with Crippen LogP contribution in [0.4, 0.5) is 5.69 Å². The van der Waals surface area contributed by atoms with Crippen molar-refractivity contribution in [2.75, 3.05) is 5.32 Å². The van der Waals surface area contributed by atoms with E-state index in [1.54, 1.807) is 6.07 Å². The summed E-state index contributed by atoms with van der Waals surface area (Å²) in [4.78, 5) is 15.3. The first-order valence-electron chi connectivity index (χ1n) is 6.38. The molecule has 0 aliphatic heterocycles. The lowest BCUT2D eigenvalue weighted by molar-refractivity contribution is 0.0691. The van der Waals surface area contributed by atoms with Crippen LogP contribution < -0.4 is 5.32 Å². The highest BCUT2D eigenvalue weighted by Gasteiger charge is 2.13. The molecule has 0 saturated heterocycles. The van der Waals surface area contributed by atoms with Gasteiger partial charge in [-0.2, -0.15) is 0 Å². The largest absolute Gasteiger partial charge is 0.477 e. The van der Waals surface area contributed by atoms with Crippen LogP contribution in [0.1, 0.15) is 31.3 Å². The molecule has 2 N–H and O–H groups in total. The highest BCUT2D eigenvalue weighted by Crippen LogP contribution is 2.24. The molecule has 2 aromatic rings. The molecule has 0 amide bonds. The maximum atomic E-state index is 11.1. The zero-order valence-corrected chi connectivity index (χ0v) is 11.3. The van der Waals surface area contributed by atoms with Crippen LogP contribution in [0.25, 0.3) is 10.9 Å². The molecule has 0 bridgehead atoms. The molecule has 0 fully saturated rings. The number of fused-ring (bicyclic) bond motifs is 1. The van der Waals surface area contributed by atoms with E-state index >= 15 is 0 Å². The number of carbonyl (C=O) groups is 1. The first kappa shape index (κ1) is 13.3. The fraction of sp³-hybridized carbons (Fsp3) is 0.333. The van der Waals surface area contributed by atoms with Crippen LogP contribution in [0.3, 0.4) is 0 Å². The Morgan fingerprint density at radius 2 is 1.95 bits per heavy atom. The molecule has 1 heterocycles. The molecule has 0 aliphatic carbocycles. The van der Waals surface area contributed by atoms with Gasteiger partial charge in [0.25, 0.3) is 0 Å². The van der Waals surface area contributed by atoms with Crippen molar-refractivity contribution >= 4 is 22.6 Å². The topological polar surface area (TPSA) is 62.2 Å². The molecule has 19 heavy (non-hydrogen) atoms. The van der Waals surface area contributed by atoms with Crippen LogP contribution in [0.15, 0.2) is 30.3 Å². The van der Waals surface area contributed by atoms with Gasteiger partial charge in [0.15, 0.2) is 5.69 Å². The molecule has 0 spiro atoms. The predicted molar refractivity (Wildman–Crippen MR) is 76.6 cm³/mol. The Balaban J connectivity index is 2.53. The molecular weight excluding hydrogens is 240 g/mol. The average Bonchev–Trinajstić information content (AvgIpc) is 2.38. The second kappa shape index (κ2) is 5.26. The number of carboxylic acids is 1. The highest BCUT2D eigenvalue weighted by atomic mass is 16.4. The summed E-state index contributed by atoms with van der Waals surface area (Å²) in [6, 6.07) is 9.42. The Morgan fingerprint density at radius 3 is 2.58 bits per heavy atom. The molecule has 2 rings (SSSR count). The second-order valence-electron chi connectivity index (χ2n) is 5.05. The molecule has 1 atom stereocenters. The number of aromatic carboxylic acids is 1. The van der Waals surface area contributed by atoms with Crippen LogP contribution in [0.2, 0.25) is 0 Å². The summed E-state index contributed by atoms with van der Waals surface area (Å²) in [5, 5.41) is 13.4. The third kappa shape index (κ3) is 2.84. The number of pyridine rings is 1. The molecule has 100 valence electrons. The lowest BCUT2D eigenvalue weighted by Crippen LogP contribution is -2.22. The number of carboxylic acid groups (broad SMARTS) is 1. The van der Waals surface area contributed by atoms with Gasteiger partial charge < -0.3 is 10.4 Å². The van der Waals surface area contributed by atoms with Gasteiger partial charge in [0, 0.05) is 17.1 Å². The van der Waals surface area contributed by atoms with Crippen LogP contribution >= 0.6 is 0 Å². The summed E-state index contributed by atoms with van der Waals surface area (Å²) in [6.07, 6.45) is 0. The zero-order chi connectivity index (χ0) is 14.0. The number of hydrogen-bond acceptors (Lipinski definition) is 3. The van der Waals surface area contributed by atoms with Gasteiger partial charge in [0.1, 0.15) is 0 Å². The summed E-state index contributed by atoms with van der Waals surface area (Å²) < 4.78 is 0. The fourth-order valence-electron chi connectivity index (χ4n) is 1.82. The first-order chi connectivity index (χ1) is 8.99. The van der Waals surface area contributed by atoms with Gasteiger partial charge in [-0.05, 0) is 25.0 Å². The summed E-state index contributed by atoms with van der Waals surface area (Å²) in [7, 11) is 0. The summed E-state index contributed by atoms with van der Waals surface area (Å²) in [5.74, 6) is -0.550. The minimum atomic E-state index is -1.01. The number of anilines is 1. The number of nitrogens with one attached hydrogen (secondary N) is 1. The van der Waals surface area contributed by atoms with E-state index in [9.17, 15) is 4.79 Å². The normalized spacial score (nSPS) is 12.6. The minimum absolute atomic E-state index is 0.0668. The van der Waals surface area contributed by atoms with Crippen molar-refractivity contribution < 1.29 is 9.90 Å². The minimum Gasteiger partial charge on any atom is -0.477 e. The van der Waals surface area contributed by atoms with Crippen molar-refractivity contribution in [2.45, 2.75) is 26.8 Å². The number of rotatable bonds is 4. The number of benzene rings is 1. The Morgan fingerprint density at radius 1 is 1.26 bits per heavy atom. The molecule has 0 aliphatic rings. The number of nitrogens with zero attached hydrogens (tertiary/aromatic N) is 1. The predicted octanol–water partition coefficient (Wildman–Crippen LogP) is 3.39. The zero-order valence-electron chi connectivity index (χ0n) is 11.3. The molecular formula is C15H18N2O2. The summed E-state index contributed by atoms with van der Waals surface area (Å²) >= 11 is 0. The monoisotopic (exact) mass is 258 g/mol. The molecule has 4 nitrogen and oxygen atoms in total. The third-order valence-corrected chi connectivity index (χ3v) is 3.32. The van der Waals surface area contributed by atoms with Gasteiger partial charge in [-0.25, -0.2) is 9.78 Å². The van der Waals surface area contributed by atoms with E-state index in [1.807, 2.05) is 24.3 Å². The quantitative estimate of drug-likeness (QED) is 0.882. The van der Waals surface area contributed by atoms with Crippen molar-refractivity contribution in [3.8, 4) is 0 Å². The standard InChI is InChI=1S/C15H18N2O2/c1-9(2)10(3)16-13-8-14(15(18)19)17-12-7-5-4-6-11(12)13/h4-10H,1-3H3,(H,16,17)(H,18,19). The van der Waals surface area contributed by atoms with E-state index in [0.29, 0.717) is 11.4 Å². The van der Waals surface area contributed by atoms with E-state index in [2.05, 4.69) is 31.1 Å². The first-order valence-corrected chi connectivity index (χ1v) is 6.38. The van der Waals surface area contributed by atoms with Crippen LogP contribution in [-0.2, 0) is 0 Å². The van der Waals surface area contributed by atoms with Gasteiger partial charge in [-0.15, -0.1) is 0 Å². The van der Waals surface area contributed by atoms with E-state index in [1.165, 1.54) is 0 Å².